The van der Waals surface area contributed by atoms with Crippen LogP contribution in [0.15, 0.2) is 42.0 Å². The maximum atomic E-state index is 2.44. The molecule has 0 aliphatic heterocycles. The Kier molecular flexibility index (Phi) is 4.19. The second-order valence-corrected chi connectivity index (χ2v) is 7.88. The highest BCUT2D eigenvalue weighted by Crippen LogP contribution is 2.37. The molecule has 3 rings (SSSR count). The Morgan fingerprint density at radius 3 is 2.26 bits per heavy atom. The van der Waals surface area contributed by atoms with E-state index >= 15 is 0 Å². The average molecular weight is 304 g/mol. The molecule has 0 unspecified atom stereocenters. The van der Waals surface area contributed by atoms with Gasteiger partial charge in [0.15, 0.2) is 0 Å². The van der Waals surface area contributed by atoms with Crippen LogP contribution in [0.25, 0.3) is 17.2 Å². The van der Waals surface area contributed by atoms with Gasteiger partial charge in [-0.25, -0.2) is 0 Å². The zero-order valence-electron chi connectivity index (χ0n) is 15.2. The average Bonchev–Trinajstić information content (AvgIpc) is 2.92. The van der Waals surface area contributed by atoms with E-state index in [-0.39, 0.29) is 5.41 Å². The second kappa shape index (κ2) is 6.00. The Morgan fingerprint density at radius 1 is 0.957 bits per heavy atom. The van der Waals surface area contributed by atoms with Gasteiger partial charge in [0.1, 0.15) is 0 Å². The minimum atomic E-state index is 0.210. The first kappa shape index (κ1) is 16.1. The van der Waals surface area contributed by atoms with Gasteiger partial charge < -0.3 is 0 Å². The maximum absolute atomic E-state index is 2.44. The van der Waals surface area contributed by atoms with Gasteiger partial charge in [-0.2, -0.15) is 0 Å². The zero-order valence-corrected chi connectivity index (χ0v) is 15.2. The third kappa shape index (κ3) is 3.13. The largest absolute Gasteiger partial charge is 0.0652 e. The molecule has 2 aromatic carbocycles. The molecule has 0 N–H and O–H groups in total. The van der Waals surface area contributed by atoms with Crippen molar-refractivity contribution in [2.24, 2.45) is 0 Å². The molecule has 0 atom stereocenters. The number of aryl methyl sites for hydroxylation is 1. The molecule has 0 saturated carbocycles. The molecule has 120 valence electrons. The van der Waals surface area contributed by atoms with Crippen molar-refractivity contribution in [3.63, 3.8) is 0 Å². The quantitative estimate of drug-likeness (QED) is 0.592. The summed E-state index contributed by atoms with van der Waals surface area (Å²) in [4.78, 5) is 0. The number of hydrogen-bond donors (Lipinski definition) is 0. The molecule has 1 aliphatic carbocycles. The van der Waals surface area contributed by atoms with Crippen molar-refractivity contribution in [3.05, 3.63) is 64.2 Å². The van der Waals surface area contributed by atoms with Gasteiger partial charge in [-0.1, -0.05) is 82.2 Å². The molecule has 23 heavy (non-hydrogen) atoms. The van der Waals surface area contributed by atoms with Gasteiger partial charge in [0.05, 0.1) is 0 Å². The Labute approximate surface area is 141 Å². The molecule has 0 radical (unpaired) electrons. The van der Waals surface area contributed by atoms with E-state index in [4.69, 9.17) is 0 Å². The van der Waals surface area contributed by atoms with Crippen LogP contribution in [0.5, 0.6) is 0 Å². The van der Waals surface area contributed by atoms with Crippen LogP contribution in [-0.2, 0) is 11.8 Å². The Balaban J connectivity index is 2.03. The van der Waals surface area contributed by atoms with E-state index in [9.17, 15) is 0 Å². The molecule has 0 nitrogen and oxygen atoms in total. The Bertz CT molecular complexity index is 737. The molecule has 1 aliphatic rings. The maximum Gasteiger partial charge on any atom is -0.00550 e. The summed E-state index contributed by atoms with van der Waals surface area (Å²) in [7, 11) is 0. The van der Waals surface area contributed by atoms with E-state index in [0.717, 1.165) is 6.42 Å². The van der Waals surface area contributed by atoms with Crippen molar-refractivity contribution in [3.8, 4) is 11.1 Å². The number of fused-ring (bicyclic) bond motifs is 1. The second-order valence-electron chi connectivity index (χ2n) is 7.88. The van der Waals surface area contributed by atoms with Gasteiger partial charge >= 0.3 is 0 Å². The standard InChI is InChI=1S/C23H28/c1-6-7-17-14-21-16(2)8-13-20(22(21)15-17)18-9-11-19(12-10-18)23(3,4)5/h8-13,15H,6-7,14H2,1-5H3. The van der Waals surface area contributed by atoms with Gasteiger partial charge in [-0.05, 0) is 58.6 Å². The molecule has 0 spiro atoms. The van der Waals surface area contributed by atoms with E-state index < -0.39 is 0 Å². The molecule has 0 fully saturated rings. The van der Waals surface area contributed by atoms with Crippen molar-refractivity contribution in [1.29, 1.82) is 0 Å². The molecule has 0 heteroatoms. The summed E-state index contributed by atoms with van der Waals surface area (Å²) in [6.07, 6.45) is 6.03. The van der Waals surface area contributed by atoms with E-state index in [2.05, 4.69) is 77.1 Å². The van der Waals surface area contributed by atoms with Crippen LogP contribution in [0, 0.1) is 6.92 Å². The number of hydrogen-bond acceptors (Lipinski definition) is 0. The highest BCUT2D eigenvalue weighted by atomic mass is 14.2. The predicted octanol–water partition coefficient (Wildman–Crippen LogP) is 6.70. The van der Waals surface area contributed by atoms with E-state index in [0.29, 0.717) is 0 Å². The van der Waals surface area contributed by atoms with Gasteiger partial charge in [0.2, 0.25) is 0 Å². The third-order valence-electron chi connectivity index (χ3n) is 4.98. The van der Waals surface area contributed by atoms with E-state index in [1.807, 2.05) is 0 Å². The zero-order chi connectivity index (χ0) is 16.6. The third-order valence-corrected chi connectivity index (χ3v) is 4.98. The van der Waals surface area contributed by atoms with Crippen molar-refractivity contribution in [1.82, 2.24) is 0 Å². The molecule has 0 saturated heterocycles. The van der Waals surface area contributed by atoms with Crippen LogP contribution in [0.2, 0.25) is 0 Å². The van der Waals surface area contributed by atoms with Gasteiger partial charge in [0, 0.05) is 0 Å². The minimum Gasteiger partial charge on any atom is -0.0652 e. The molecule has 2 aromatic rings. The van der Waals surface area contributed by atoms with E-state index in [1.54, 1.807) is 5.57 Å². The Morgan fingerprint density at radius 2 is 1.65 bits per heavy atom. The van der Waals surface area contributed by atoms with Crippen LogP contribution in [-0.4, -0.2) is 0 Å². The summed E-state index contributed by atoms with van der Waals surface area (Å²) in [6.45, 7) is 11.3. The fourth-order valence-electron chi connectivity index (χ4n) is 3.54. The molecular formula is C23H28. The van der Waals surface area contributed by atoms with Crippen molar-refractivity contribution < 1.29 is 0 Å². The topological polar surface area (TPSA) is 0 Å². The summed E-state index contributed by atoms with van der Waals surface area (Å²) in [6, 6.07) is 13.7. The lowest BCUT2D eigenvalue weighted by atomic mass is 9.85. The Hall–Kier alpha value is -1.82. The molecule has 0 heterocycles. The highest BCUT2D eigenvalue weighted by molar-refractivity contribution is 5.81. The van der Waals surface area contributed by atoms with Gasteiger partial charge in [0.25, 0.3) is 0 Å². The van der Waals surface area contributed by atoms with Crippen LogP contribution in [0.4, 0.5) is 0 Å². The van der Waals surface area contributed by atoms with Crippen molar-refractivity contribution in [2.75, 3.05) is 0 Å². The highest BCUT2D eigenvalue weighted by Gasteiger charge is 2.19. The number of rotatable bonds is 3. The summed E-state index contributed by atoms with van der Waals surface area (Å²) in [5, 5.41) is 0. The smallest absolute Gasteiger partial charge is 0.00550 e. The molecule has 0 bridgehead atoms. The van der Waals surface area contributed by atoms with E-state index in [1.165, 1.54) is 46.2 Å². The lowest BCUT2D eigenvalue weighted by Crippen LogP contribution is -2.10. The van der Waals surface area contributed by atoms with Gasteiger partial charge in [-0.3, -0.25) is 0 Å². The lowest BCUT2D eigenvalue weighted by Gasteiger charge is -2.19. The first-order valence-corrected chi connectivity index (χ1v) is 8.83. The van der Waals surface area contributed by atoms with Crippen LogP contribution in [0.3, 0.4) is 0 Å². The normalized spacial score (nSPS) is 13.9. The fourth-order valence-corrected chi connectivity index (χ4v) is 3.54. The van der Waals surface area contributed by atoms with Crippen LogP contribution in [0.1, 0.15) is 62.8 Å². The summed E-state index contributed by atoms with van der Waals surface area (Å²) >= 11 is 0. The summed E-state index contributed by atoms with van der Waals surface area (Å²) in [5.74, 6) is 0. The van der Waals surface area contributed by atoms with Crippen LogP contribution < -0.4 is 0 Å². The molecular weight excluding hydrogens is 276 g/mol. The number of allylic oxidation sites excluding steroid dienone is 1. The monoisotopic (exact) mass is 304 g/mol. The molecule has 0 aromatic heterocycles. The first-order chi connectivity index (χ1) is 10.9. The minimum absolute atomic E-state index is 0.210. The van der Waals surface area contributed by atoms with Crippen molar-refractivity contribution >= 4 is 6.08 Å². The summed E-state index contributed by atoms with van der Waals surface area (Å²) < 4.78 is 0. The fraction of sp³-hybridized carbons (Fsp3) is 0.391. The predicted molar refractivity (Wildman–Crippen MR) is 102 cm³/mol. The first-order valence-electron chi connectivity index (χ1n) is 8.83. The number of benzene rings is 2. The van der Waals surface area contributed by atoms with Crippen molar-refractivity contribution in [2.45, 2.75) is 59.3 Å². The van der Waals surface area contributed by atoms with Crippen LogP contribution >= 0.6 is 0 Å². The lowest BCUT2D eigenvalue weighted by molar-refractivity contribution is 0.590. The SMILES string of the molecule is CCCC1=Cc2c(-c3ccc(C(C)(C)C)cc3)ccc(C)c2C1. The molecule has 0 amide bonds. The summed E-state index contributed by atoms with van der Waals surface area (Å²) in [5.41, 5.74) is 10.3. The van der Waals surface area contributed by atoms with Gasteiger partial charge in [-0.15, -0.1) is 0 Å².